The number of hydrogen-bond acceptors (Lipinski definition) is 3. The minimum atomic E-state index is 0.0792. The molecule has 2 aliphatic heterocycles. The van der Waals surface area contributed by atoms with Gasteiger partial charge in [-0.2, -0.15) is 0 Å². The van der Waals surface area contributed by atoms with E-state index in [2.05, 4.69) is 13.0 Å². The van der Waals surface area contributed by atoms with Crippen molar-refractivity contribution in [3.05, 3.63) is 29.8 Å². The third-order valence-corrected chi connectivity index (χ3v) is 5.09. The van der Waals surface area contributed by atoms with E-state index in [-0.39, 0.29) is 18.4 Å². The van der Waals surface area contributed by atoms with Crippen LogP contribution in [0.3, 0.4) is 0 Å². The van der Waals surface area contributed by atoms with Gasteiger partial charge < -0.3 is 14.5 Å². The highest BCUT2D eigenvalue weighted by atomic mass is 16.5. The number of nitrogens with zero attached hydrogens (tertiary/aromatic N) is 2. The molecule has 0 aliphatic carbocycles. The van der Waals surface area contributed by atoms with Gasteiger partial charge in [0.05, 0.1) is 13.2 Å². The molecule has 2 heterocycles. The second-order valence-corrected chi connectivity index (χ2v) is 7.25. The molecule has 0 bridgehead atoms. The van der Waals surface area contributed by atoms with Gasteiger partial charge in [-0.3, -0.25) is 9.59 Å². The topological polar surface area (TPSA) is 49.9 Å². The summed E-state index contributed by atoms with van der Waals surface area (Å²) in [5, 5.41) is 0. The highest BCUT2D eigenvalue weighted by Crippen LogP contribution is 2.20. The van der Waals surface area contributed by atoms with Gasteiger partial charge in [0, 0.05) is 32.0 Å². The van der Waals surface area contributed by atoms with Crippen molar-refractivity contribution < 1.29 is 14.3 Å². The summed E-state index contributed by atoms with van der Waals surface area (Å²) in [6.07, 6.45) is 4.62. The first-order valence-electron chi connectivity index (χ1n) is 9.37. The van der Waals surface area contributed by atoms with E-state index in [1.54, 1.807) is 4.90 Å². The fourth-order valence-corrected chi connectivity index (χ4v) is 3.64. The Hall–Kier alpha value is -2.04. The second kappa shape index (κ2) is 8.37. The molecule has 0 spiro atoms. The number of rotatable bonds is 5. The maximum absolute atomic E-state index is 12.6. The van der Waals surface area contributed by atoms with Crippen LogP contribution in [0, 0.1) is 12.8 Å². The Bertz CT molecular complexity index is 617. The van der Waals surface area contributed by atoms with E-state index >= 15 is 0 Å². The van der Waals surface area contributed by atoms with Crippen molar-refractivity contribution in [3.8, 4) is 5.75 Å². The zero-order valence-electron chi connectivity index (χ0n) is 15.1. The summed E-state index contributed by atoms with van der Waals surface area (Å²) in [5.74, 6) is 1.45. The number of aryl methyl sites for hydroxylation is 1. The summed E-state index contributed by atoms with van der Waals surface area (Å²) in [6, 6.07) is 8.06. The van der Waals surface area contributed by atoms with Crippen molar-refractivity contribution in [2.75, 3.05) is 32.8 Å². The molecule has 0 N–H and O–H groups in total. The van der Waals surface area contributed by atoms with Crippen LogP contribution in [0.15, 0.2) is 24.3 Å². The Balaban J connectivity index is 1.48. The lowest BCUT2D eigenvalue weighted by Crippen LogP contribution is -2.48. The molecule has 2 aliphatic rings. The number of ether oxygens (including phenoxy) is 1. The molecule has 136 valence electrons. The zero-order chi connectivity index (χ0) is 17.6. The van der Waals surface area contributed by atoms with Crippen LogP contribution in [0.1, 0.15) is 37.7 Å². The lowest BCUT2D eigenvalue weighted by atomic mass is 9.99. The van der Waals surface area contributed by atoms with Crippen LogP contribution in [0.5, 0.6) is 5.75 Å². The van der Waals surface area contributed by atoms with Gasteiger partial charge in [-0.1, -0.05) is 12.1 Å². The highest BCUT2D eigenvalue weighted by molar-refractivity contribution is 5.85. The number of carbonyl (C=O) groups is 2. The molecule has 2 amide bonds. The van der Waals surface area contributed by atoms with E-state index in [1.165, 1.54) is 5.56 Å². The van der Waals surface area contributed by atoms with Crippen LogP contribution < -0.4 is 4.74 Å². The molecule has 25 heavy (non-hydrogen) atoms. The van der Waals surface area contributed by atoms with Gasteiger partial charge in [0.1, 0.15) is 5.75 Å². The van der Waals surface area contributed by atoms with Crippen LogP contribution >= 0.6 is 0 Å². The lowest BCUT2D eigenvalue weighted by Gasteiger charge is -2.35. The molecule has 1 unspecified atom stereocenters. The third kappa shape index (κ3) is 4.97. The Labute approximate surface area is 149 Å². The van der Waals surface area contributed by atoms with E-state index in [1.807, 2.05) is 23.1 Å². The van der Waals surface area contributed by atoms with Gasteiger partial charge in [0.25, 0.3) is 0 Å². The summed E-state index contributed by atoms with van der Waals surface area (Å²) in [5.41, 5.74) is 1.18. The molecule has 5 nitrogen and oxygen atoms in total. The fourth-order valence-electron chi connectivity index (χ4n) is 3.64. The molecule has 1 atom stereocenters. The number of likely N-dealkylation sites (tertiary alicyclic amines) is 2. The fraction of sp³-hybridized carbons (Fsp3) is 0.600. The molecule has 2 fully saturated rings. The van der Waals surface area contributed by atoms with Crippen molar-refractivity contribution in [3.63, 3.8) is 0 Å². The maximum atomic E-state index is 12.6. The summed E-state index contributed by atoms with van der Waals surface area (Å²) in [4.78, 5) is 28.1. The number of benzene rings is 1. The number of hydrogen-bond donors (Lipinski definition) is 0. The predicted molar refractivity (Wildman–Crippen MR) is 96.4 cm³/mol. The summed E-state index contributed by atoms with van der Waals surface area (Å²) >= 11 is 0. The molecule has 0 radical (unpaired) electrons. The van der Waals surface area contributed by atoms with Crippen molar-refractivity contribution in [1.29, 1.82) is 0 Å². The van der Waals surface area contributed by atoms with Gasteiger partial charge in [0.2, 0.25) is 11.8 Å². The van der Waals surface area contributed by atoms with Gasteiger partial charge in [-0.05, 0) is 50.3 Å². The van der Waals surface area contributed by atoms with Crippen LogP contribution in [0.2, 0.25) is 0 Å². The van der Waals surface area contributed by atoms with E-state index in [0.717, 1.165) is 51.1 Å². The minimum Gasteiger partial charge on any atom is -0.493 e. The molecule has 3 rings (SSSR count). The van der Waals surface area contributed by atoms with Crippen LogP contribution in [-0.2, 0) is 9.59 Å². The van der Waals surface area contributed by atoms with Gasteiger partial charge in [0.15, 0.2) is 0 Å². The summed E-state index contributed by atoms with van der Waals surface area (Å²) in [7, 11) is 0. The van der Waals surface area contributed by atoms with Gasteiger partial charge >= 0.3 is 0 Å². The Morgan fingerprint density at radius 3 is 2.92 bits per heavy atom. The molecular formula is C20H28N2O3. The molecule has 5 heteroatoms. The normalized spacial score (nSPS) is 21.3. The molecule has 1 aromatic carbocycles. The van der Waals surface area contributed by atoms with Gasteiger partial charge in [-0.25, -0.2) is 0 Å². The Morgan fingerprint density at radius 1 is 1.24 bits per heavy atom. The van der Waals surface area contributed by atoms with Crippen LogP contribution in [0.25, 0.3) is 0 Å². The minimum absolute atomic E-state index is 0.0792. The molecule has 0 saturated carbocycles. The largest absolute Gasteiger partial charge is 0.493 e. The van der Waals surface area contributed by atoms with E-state index in [9.17, 15) is 9.59 Å². The predicted octanol–water partition coefficient (Wildman–Crippen LogP) is 2.62. The monoisotopic (exact) mass is 344 g/mol. The van der Waals surface area contributed by atoms with Crippen LogP contribution in [-0.4, -0.2) is 54.4 Å². The zero-order valence-corrected chi connectivity index (χ0v) is 15.1. The van der Waals surface area contributed by atoms with E-state index in [0.29, 0.717) is 18.9 Å². The Morgan fingerprint density at radius 2 is 2.12 bits per heavy atom. The molecule has 2 saturated heterocycles. The smallest absolute Gasteiger partial charge is 0.242 e. The third-order valence-electron chi connectivity index (χ3n) is 5.09. The molecule has 1 aromatic rings. The van der Waals surface area contributed by atoms with Crippen molar-refractivity contribution in [2.45, 2.75) is 39.0 Å². The number of piperidine rings is 2. The van der Waals surface area contributed by atoms with E-state index < -0.39 is 0 Å². The first-order valence-corrected chi connectivity index (χ1v) is 9.37. The summed E-state index contributed by atoms with van der Waals surface area (Å²) in [6.45, 7) is 5.17. The van der Waals surface area contributed by atoms with Crippen molar-refractivity contribution in [1.82, 2.24) is 9.80 Å². The molecule has 0 aromatic heterocycles. The average Bonchev–Trinajstić information content (AvgIpc) is 2.62. The maximum Gasteiger partial charge on any atom is 0.242 e. The SMILES string of the molecule is Cc1cccc(OCC2CCCN(C(=O)CN3CCCCC3=O)C2)c1. The highest BCUT2D eigenvalue weighted by Gasteiger charge is 2.27. The van der Waals surface area contributed by atoms with Crippen LogP contribution in [0.4, 0.5) is 0 Å². The quantitative estimate of drug-likeness (QED) is 0.825. The first kappa shape index (κ1) is 17.8. The number of carbonyl (C=O) groups excluding carboxylic acids is 2. The van der Waals surface area contributed by atoms with Crippen molar-refractivity contribution in [2.24, 2.45) is 5.92 Å². The summed E-state index contributed by atoms with van der Waals surface area (Å²) < 4.78 is 5.92. The van der Waals surface area contributed by atoms with Crippen molar-refractivity contribution >= 4 is 11.8 Å². The Kier molecular flexibility index (Phi) is 5.95. The van der Waals surface area contributed by atoms with E-state index in [4.69, 9.17) is 4.74 Å². The first-order chi connectivity index (χ1) is 12.1. The number of amides is 2. The standard InChI is InChI=1S/C20H28N2O3/c1-16-6-4-8-18(12-16)25-15-17-7-5-11-21(13-17)20(24)14-22-10-3-2-9-19(22)23/h4,6,8,12,17H,2-3,5,7,9-11,13-15H2,1H3. The second-order valence-electron chi connectivity index (χ2n) is 7.25. The average molecular weight is 344 g/mol. The van der Waals surface area contributed by atoms with Gasteiger partial charge in [-0.15, -0.1) is 0 Å². The lowest BCUT2D eigenvalue weighted by molar-refractivity contribution is -0.143. The molecular weight excluding hydrogens is 316 g/mol.